The third kappa shape index (κ3) is 10.5. The van der Waals surface area contributed by atoms with Crippen LogP contribution in [0.2, 0.25) is 29.7 Å². The Kier molecular flexibility index (Phi) is 12.1. The van der Waals surface area contributed by atoms with Crippen molar-refractivity contribution in [3.8, 4) is 47.1 Å². The van der Waals surface area contributed by atoms with Crippen LogP contribution in [-0.4, -0.2) is 23.0 Å². The first-order chi connectivity index (χ1) is 23.0. The van der Waals surface area contributed by atoms with Gasteiger partial charge in [0.1, 0.15) is 25.3 Å². The lowest BCUT2D eigenvalue weighted by Crippen LogP contribution is -2.16. The Hall–Kier alpha value is -4.96. The molecule has 0 aliphatic heterocycles. The molecule has 0 radical (unpaired) electrons. The Balaban J connectivity index is 0.000000278. The van der Waals surface area contributed by atoms with Crippen LogP contribution < -0.4 is 15.2 Å². The van der Waals surface area contributed by atoms with Gasteiger partial charge in [-0.15, -0.1) is 12.0 Å². The first-order valence-electron chi connectivity index (χ1n) is 14.0. The van der Waals surface area contributed by atoms with Crippen molar-refractivity contribution in [2.24, 2.45) is 0 Å². The Bertz CT molecular complexity index is 2050. The number of halogens is 8. The summed E-state index contributed by atoms with van der Waals surface area (Å²) in [5.41, 5.74) is 7.67. The van der Waals surface area contributed by atoms with Gasteiger partial charge in [-0.05, 0) is 56.3 Å². The average Bonchev–Trinajstić information content (AvgIpc) is 2.99. The van der Waals surface area contributed by atoms with Crippen molar-refractivity contribution in [1.29, 1.82) is 0 Å². The lowest BCUT2D eigenvalue weighted by molar-refractivity contribution is -0.385. The van der Waals surface area contributed by atoms with Gasteiger partial charge in [-0.1, -0.05) is 54.7 Å². The van der Waals surface area contributed by atoms with Gasteiger partial charge in [0.25, 0.3) is 5.69 Å². The SMILES string of the molecule is C#Cc1cc(N)c(C)nc1Oc1ccc(Cl)c(C(F)(F)F)c1.Cc1nc(Oc2ccc(Cl)c(C(F)(F)F)c2)c(C#C[Si](C)(C)C)cc1[N+](=O)[O-]. The lowest BCUT2D eigenvalue weighted by Gasteiger charge is -2.13. The number of hydrogen-bond donors (Lipinski definition) is 1. The summed E-state index contributed by atoms with van der Waals surface area (Å²) in [7, 11) is -1.83. The fraction of sp³-hybridized carbons (Fsp3) is 0.212. The Morgan fingerprint density at radius 3 is 1.70 bits per heavy atom. The molecule has 0 fully saturated rings. The molecule has 0 aliphatic carbocycles. The molecule has 50 heavy (non-hydrogen) atoms. The highest BCUT2D eigenvalue weighted by atomic mass is 35.5. The highest BCUT2D eigenvalue weighted by Gasteiger charge is 2.35. The number of aromatic nitrogens is 2. The lowest BCUT2D eigenvalue weighted by atomic mass is 10.2. The number of anilines is 1. The number of nitro groups is 1. The van der Waals surface area contributed by atoms with Gasteiger partial charge in [0.15, 0.2) is 0 Å². The van der Waals surface area contributed by atoms with Crippen molar-refractivity contribution in [2.75, 3.05) is 5.73 Å². The summed E-state index contributed by atoms with van der Waals surface area (Å²) >= 11 is 11.2. The maximum absolute atomic E-state index is 13.1. The molecule has 0 bridgehead atoms. The summed E-state index contributed by atoms with van der Waals surface area (Å²) in [6.45, 7) is 8.97. The molecule has 0 spiro atoms. The number of pyridine rings is 2. The zero-order valence-electron chi connectivity index (χ0n) is 26.8. The van der Waals surface area contributed by atoms with Crippen molar-refractivity contribution < 1.29 is 40.7 Å². The van der Waals surface area contributed by atoms with Gasteiger partial charge in [0, 0.05) is 6.07 Å². The number of nitrogens with two attached hydrogens (primary N) is 1. The van der Waals surface area contributed by atoms with Crippen LogP contribution in [0.5, 0.6) is 23.3 Å². The molecule has 0 amide bonds. The predicted molar refractivity (Wildman–Crippen MR) is 180 cm³/mol. The maximum atomic E-state index is 13.1. The summed E-state index contributed by atoms with van der Waals surface area (Å²) in [4.78, 5) is 18.7. The summed E-state index contributed by atoms with van der Waals surface area (Å²) < 4.78 is 88.5. The van der Waals surface area contributed by atoms with Crippen LogP contribution in [0.3, 0.4) is 0 Å². The zero-order valence-corrected chi connectivity index (χ0v) is 29.3. The fourth-order valence-corrected chi connectivity index (χ4v) is 4.71. The molecule has 2 N–H and O–H groups in total. The molecule has 2 aromatic carbocycles. The standard InChI is InChI=1S/C18H16ClF3N2O3Si.C15H10ClF3N2O/c1-11-16(24(25)26)9-12(7-8-28(2,3)4)17(23-11)27-13-5-6-15(19)14(10-13)18(20,21)22;1-3-9-6-13(20)8(2)21-14(9)22-10-4-5-12(16)11(7-10)15(17,18)19/h5-6,9-10H,1-4H3;1,4-7H,20H2,2H3. The predicted octanol–water partition coefficient (Wildman–Crippen LogP) is 10.4. The normalized spacial score (nSPS) is 11.4. The van der Waals surface area contributed by atoms with Crippen molar-refractivity contribution in [1.82, 2.24) is 9.97 Å². The number of hydrogen-bond acceptors (Lipinski definition) is 7. The van der Waals surface area contributed by atoms with Crippen molar-refractivity contribution in [3.63, 3.8) is 0 Å². The highest BCUT2D eigenvalue weighted by molar-refractivity contribution is 6.83. The molecule has 4 aromatic rings. The largest absolute Gasteiger partial charge is 0.438 e. The van der Waals surface area contributed by atoms with Crippen LogP contribution in [0.4, 0.5) is 37.7 Å². The van der Waals surface area contributed by atoms with Crippen LogP contribution in [0.25, 0.3) is 0 Å². The summed E-state index contributed by atoms with van der Waals surface area (Å²) in [5.74, 6) is 4.81. The molecule has 2 heterocycles. The van der Waals surface area contributed by atoms with Gasteiger partial charge in [-0.3, -0.25) is 10.1 Å². The number of rotatable bonds is 5. The van der Waals surface area contributed by atoms with E-state index in [1.165, 1.54) is 31.2 Å². The molecule has 17 heteroatoms. The Morgan fingerprint density at radius 1 is 0.820 bits per heavy atom. The minimum Gasteiger partial charge on any atom is -0.438 e. The molecular weight excluding hydrogens is 729 g/mol. The van der Waals surface area contributed by atoms with E-state index < -0.39 is 46.5 Å². The van der Waals surface area contributed by atoms with Crippen molar-refractivity contribution >= 4 is 42.7 Å². The van der Waals surface area contributed by atoms with Crippen molar-refractivity contribution in [3.05, 3.63) is 102 Å². The monoisotopic (exact) mass is 754 g/mol. The third-order valence-electron chi connectivity index (χ3n) is 6.21. The number of terminal acetylenes is 1. The first kappa shape index (κ1) is 39.5. The molecule has 0 saturated carbocycles. The van der Waals surface area contributed by atoms with E-state index in [1.807, 2.05) is 19.6 Å². The second kappa shape index (κ2) is 15.3. The van der Waals surface area contributed by atoms with E-state index in [1.54, 1.807) is 6.92 Å². The average molecular weight is 756 g/mol. The molecule has 0 unspecified atom stereocenters. The van der Waals surface area contributed by atoms with Crippen LogP contribution in [0, 0.1) is 47.8 Å². The van der Waals surface area contributed by atoms with Crippen LogP contribution >= 0.6 is 23.2 Å². The molecule has 4 rings (SSSR count). The molecule has 0 saturated heterocycles. The molecular formula is C33H26Cl2F6N4O4Si. The maximum Gasteiger partial charge on any atom is 0.417 e. The fourth-order valence-electron chi connectivity index (χ4n) is 3.75. The van der Waals surface area contributed by atoms with Gasteiger partial charge in [0.05, 0.1) is 48.6 Å². The number of nitrogens with zero attached hydrogens (tertiary/aromatic N) is 3. The Morgan fingerprint density at radius 2 is 1.28 bits per heavy atom. The minimum atomic E-state index is -4.66. The molecule has 8 nitrogen and oxygen atoms in total. The Labute approximate surface area is 293 Å². The molecule has 0 atom stereocenters. The minimum absolute atomic E-state index is 0.00430. The number of benzene rings is 2. The zero-order chi connectivity index (χ0) is 37.8. The van der Waals surface area contributed by atoms with Gasteiger partial charge < -0.3 is 15.2 Å². The van der Waals surface area contributed by atoms with Gasteiger partial charge >= 0.3 is 12.4 Å². The van der Waals surface area contributed by atoms with E-state index in [0.717, 1.165) is 24.3 Å². The van der Waals surface area contributed by atoms with E-state index in [9.17, 15) is 36.5 Å². The number of ether oxygens (including phenoxy) is 2. The van der Waals surface area contributed by atoms with Gasteiger partial charge in [0.2, 0.25) is 11.8 Å². The van der Waals surface area contributed by atoms with Crippen LogP contribution in [0.15, 0.2) is 48.5 Å². The smallest absolute Gasteiger partial charge is 0.417 e. The number of nitrogen functional groups attached to an aromatic ring is 1. The summed E-state index contributed by atoms with van der Waals surface area (Å²) in [6.07, 6.45) is -3.92. The molecule has 262 valence electrons. The first-order valence-corrected chi connectivity index (χ1v) is 18.3. The summed E-state index contributed by atoms with van der Waals surface area (Å²) in [6, 6.07) is 8.93. The van der Waals surface area contributed by atoms with E-state index in [0.29, 0.717) is 11.4 Å². The quantitative estimate of drug-likeness (QED) is 0.0709. The third-order valence-corrected chi connectivity index (χ3v) is 7.74. The second-order valence-corrected chi connectivity index (χ2v) is 16.9. The van der Waals surface area contributed by atoms with Gasteiger partial charge in [-0.2, -0.15) is 26.3 Å². The second-order valence-electron chi connectivity index (χ2n) is 11.3. The number of aryl methyl sites for hydroxylation is 2. The van der Waals surface area contributed by atoms with Crippen molar-refractivity contribution in [2.45, 2.75) is 45.8 Å². The topological polar surface area (TPSA) is 113 Å². The highest BCUT2D eigenvalue weighted by Crippen LogP contribution is 2.39. The summed E-state index contributed by atoms with van der Waals surface area (Å²) in [5, 5.41) is 10.3. The van der Waals surface area contributed by atoms with E-state index in [4.69, 9.17) is 44.8 Å². The van der Waals surface area contributed by atoms with Gasteiger partial charge in [-0.25, -0.2) is 9.97 Å². The molecule has 2 aromatic heterocycles. The molecule has 0 aliphatic rings. The van der Waals surface area contributed by atoms with E-state index >= 15 is 0 Å². The number of alkyl halides is 6. The van der Waals surface area contributed by atoms with E-state index in [-0.39, 0.29) is 45.8 Å². The van der Waals surface area contributed by atoms with Crippen LogP contribution in [-0.2, 0) is 12.4 Å². The van der Waals surface area contributed by atoms with Crippen LogP contribution in [0.1, 0.15) is 33.6 Å². The van der Waals surface area contributed by atoms with E-state index in [2.05, 4.69) is 27.4 Å².